The number of allylic oxidation sites excluding steroid dienone is 2. The van der Waals surface area contributed by atoms with Gasteiger partial charge in [-0.05, 0) is 95.2 Å². The topological polar surface area (TPSA) is 73.7 Å². The lowest BCUT2D eigenvalue weighted by Gasteiger charge is -2.36. The first-order valence-corrected chi connectivity index (χ1v) is 13.8. The Morgan fingerprint density at radius 1 is 1.10 bits per heavy atom. The van der Waals surface area contributed by atoms with Crippen LogP contribution in [0.5, 0.6) is 0 Å². The molecule has 1 aliphatic heterocycles. The molecule has 0 bridgehead atoms. The number of piperidine rings is 1. The number of carboxylic acid groups (broad SMARTS) is 1. The molecule has 0 atom stereocenters. The number of anilines is 1. The van der Waals surface area contributed by atoms with E-state index in [9.17, 15) is 14.7 Å². The van der Waals surface area contributed by atoms with Gasteiger partial charge >= 0.3 is 6.09 Å². The summed E-state index contributed by atoms with van der Waals surface area (Å²) in [6, 6.07) is 15.0. The molecule has 0 saturated carbocycles. The van der Waals surface area contributed by atoms with Gasteiger partial charge in [0.25, 0.3) is 0 Å². The maximum atomic E-state index is 15.2. The van der Waals surface area contributed by atoms with Crippen molar-refractivity contribution in [1.82, 2.24) is 9.88 Å². The van der Waals surface area contributed by atoms with Gasteiger partial charge in [-0.2, -0.15) is 0 Å². The Balaban J connectivity index is 1.41. The zero-order valence-corrected chi connectivity index (χ0v) is 22.9. The van der Waals surface area contributed by atoms with E-state index in [0.717, 1.165) is 43.8 Å². The first kappa shape index (κ1) is 27.0. The Morgan fingerprint density at radius 3 is 2.49 bits per heavy atom. The van der Waals surface area contributed by atoms with Gasteiger partial charge in [0.2, 0.25) is 0 Å². The first-order chi connectivity index (χ1) is 18.6. The fraction of sp³-hybridized carbons (Fsp3) is 0.406. The summed E-state index contributed by atoms with van der Waals surface area (Å²) in [5, 5.41) is 10.3. The molecule has 6 nitrogen and oxygen atoms in total. The number of aryl methyl sites for hydroxylation is 1. The van der Waals surface area contributed by atoms with Crippen LogP contribution in [0.15, 0.2) is 60.2 Å². The summed E-state index contributed by atoms with van der Waals surface area (Å²) in [5.41, 5.74) is 2.33. The molecule has 1 saturated heterocycles. The molecule has 0 spiro atoms. The minimum absolute atomic E-state index is 0.0777. The van der Waals surface area contributed by atoms with Crippen LogP contribution in [0.25, 0.3) is 10.9 Å². The highest BCUT2D eigenvalue weighted by molar-refractivity contribution is 6.19. The number of likely N-dealkylation sites (tertiary alicyclic amines) is 1. The highest BCUT2D eigenvalue weighted by Crippen LogP contribution is 2.41. The van der Waals surface area contributed by atoms with E-state index in [2.05, 4.69) is 34.1 Å². The highest BCUT2D eigenvalue weighted by atomic mass is 19.1. The van der Waals surface area contributed by atoms with Crippen LogP contribution in [-0.2, 0) is 13.0 Å². The number of pyridine rings is 1. The average molecular weight is 530 g/mol. The summed E-state index contributed by atoms with van der Waals surface area (Å²) in [7, 11) is 0. The number of fused-ring (bicyclic) bond motifs is 2. The third kappa shape index (κ3) is 5.59. The molecule has 5 rings (SSSR count). The molecule has 204 valence electrons. The largest absolute Gasteiger partial charge is 0.465 e. The van der Waals surface area contributed by atoms with Crippen molar-refractivity contribution in [1.29, 1.82) is 0 Å². The second kappa shape index (κ2) is 10.9. The maximum Gasteiger partial charge on any atom is 0.412 e. The Hall–Kier alpha value is -3.58. The third-order valence-corrected chi connectivity index (χ3v) is 7.90. The normalized spacial score (nSPS) is 17.9. The number of nitrogens with zero attached hydrogens (tertiary/aromatic N) is 3. The Bertz CT molecular complexity index is 1420. The van der Waals surface area contributed by atoms with Crippen molar-refractivity contribution < 1.29 is 19.1 Å². The predicted molar refractivity (Wildman–Crippen MR) is 152 cm³/mol. The van der Waals surface area contributed by atoms with E-state index < -0.39 is 17.4 Å². The van der Waals surface area contributed by atoms with Crippen molar-refractivity contribution in [2.24, 2.45) is 5.92 Å². The molecule has 39 heavy (non-hydrogen) atoms. The lowest BCUT2D eigenvalue weighted by Crippen LogP contribution is -2.46. The van der Waals surface area contributed by atoms with Crippen molar-refractivity contribution in [3.63, 3.8) is 0 Å². The van der Waals surface area contributed by atoms with E-state index >= 15 is 4.39 Å². The summed E-state index contributed by atoms with van der Waals surface area (Å²) < 4.78 is 15.2. The Morgan fingerprint density at radius 2 is 1.82 bits per heavy atom. The highest BCUT2D eigenvalue weighted by Gasteiger charge is 2.37. The predicted octanol–water partition coefficient (Wildman–Crippen LogP) is 7.01. The van der Waals surface area contributed by atoms with Crippen molar-refractivity contribution in [2.45, 2.75) is 65.0 Å². The van der Waals surface area contributed by atoms with E-state index in [-0.39, 0.29) is 22.4 Å². The van der Waals surface area contributed by atoms with Gasteiger partial charge in [-0.3, -0.25) is 19.6 Å². The zero-order valence-electron chi connectivity index (χ0n) is 22.9. The lowest BCUT2D eigenvalue weighted by atomic mass is 9.84. The third-order valence-electron chi connectivity index (χ3n) is 7.90. The fourth-order valence-electron chi connectivity index (χ4n) is 5.92. The first-order valence-electron chi connectivity index (χ1n) is 13.8. The number of carbonyl (C=O) groups excluding carboxylic acids is 1. The standard InChI is InChI=1S/C32H36FN3O3/c1-32(2,3)36(31(38)39)29-27-24(33)10-7-11-25(27)34-26-15-14-23(30(37)28(26)29)13-12-21-16-18-35(19-17-21)20-22-8-5-4-6-9-22/h4-11,13,21H,12,14-20H2,1-3H3,(H,38,39). The molecule has 1 fully saturated rings. The van der Waals surface area contributed by atoms with Gasteiger partial charge in [0, 0.05) is 12.1 Å². The minimum atomic E-state index is -1.23. The molecule has 7 heteroatoms. The van der Waals surface area contributed by atoms with E-state index in [0.29, 0.717) is 35.5 Å². The average Bonchev–Trinajstić information content (AvgIpc) is 2.88. The molecular weight excluding hydrogens is 493 g/mol. The number of hydrogen-bond acceptors (Lipinski definition) is 4. The summed E-state index contributed by atoms with van der Waals surface area (Å²) >= 11 is 0. The zero-order chi connectivity index (χ0) is 27.7. The van der Waals surface area contributed by atoms with Crippen LogP contribution < -0.4 is 4.90 Å². The SMILES string of the molecule is CC(C)(C)N(C(=O)O)c1c2c(nc3cccc(F)c13)CCC(=CCC1CCN(Cc3ccccc3)CC1)C2=O. The summed E-state index contributed by atoms with van der Waals surface area (Å²) in [4.78, 5) is 34.6. The Labute approximate surface area is 229 Å². The molecule has 2 aliphatic rings. The number of benzene rings is 2. The quantitative estimate of drug-likeness (QED) is 0.360. The number of carbonyl (C=O) groups is 2. The second-order valence-corrected chi connectivity index (χ2v) is 11.7. The molecular formula is C32H36FN3O3. The summed E-state index contributed by atoms with van der Waals surface area (Å²) in [6.45, 7) is 8.24. The molecule has 1 aromatic heterocycles. The van der Waals surface area contributed by atoms with Gasteiger partial charge in [0.15, 0.2) is 5.78 Å². The maximum absolute atomic E-state index is 15.2. The van der Waals surface area contributed by atoms with Crippen LogP contribution in [0.1, 0.15) is 68.1 Å². The number of rotatable bonds is 5. The van der Waals surface area contributed by atoms with Crippen LogP contribution in [0, 0.1) is 11.7 Å². The van der Waals surface area contributed by atoms with Crippen LogP contribution in [0.2, 0.25) is 0 Å². The number of aromatic nitrogens is 1. The van der Waals surface area contributed by atoms with Gasteiger partial charge in [-0.15, -0.1) is 0 Å². The van der Waals surface area contributed by atoms with E-state index in [1.807, 2.05) is 12.1 Å². The molecule has 2 aromatic carbocycles. The van der Waals surface area contributed by atoms with Crippen molar-refractivity contribution in [3.8, 4) is 0 Å². The molecule has 3 aromatic rings. The summed E-state index contributed by atoms with van der Waals surface area (Å²) in [6.07, 6.45) is 4.82. The minimum Gasteiger partial charge on any atom is -0.465 e. The fourth-order valence-corrected chi connectivity index (χ4v) is 5.92. The van der Waals surface area contributed by atoms with E-state index in [1.54, 1.807) is 32.9 Å². The molecule has 2 heterocycles. The van der Waals surface area contributed by atoms with Crippen molar-refractivity contribution in [3.05, 3.63) is 82.8 Å². The van der Waals surface area contributed by atoms with Crippen LogP contribution in [-0.4, -0.2) is 45.5 Å². The van der Waals surface area contributed by atoms with Gasteiger partial charge in [0.05, 0.1) is 27.8 Å². The Kier molecular flexibility index (Phi) is 7.54. The number of Topliss-reactive ketones (excluding diaryl/α,β-unsaturated/α-hetero) is 1. The number of ketones is 1. The van der Waals surface area contributed by atoms with Gasteiger partial charge < -0.3 is 5.11 Å². The lowest BCUT2D eigenvalue weighted by molar-refractivity contribution is 0.102. The second-order valence-electron chi connectivity index (χ2n) is 11.7. The number of hydrogen-bond donors (Lipinski definition) is 1. The number of amides is 1. The van der Waals surface area contributed by atoms with Crippen molar-refractivity contribution in [2.75, 3.05) is 18.0 Å². The number of halogens is 1. The molecule has 1 amide bonds. The van der Waals surface area contributed by atoms with Crippen molar-refractivity contribution >= 4 is 28.5 Å². The molecule has 1 N–H and O–H groups in total. The summed E-state index contributed by atoms with van der Waals surface area (Å²) in [5.74, 6) is -0.323. The molecule has 1 aliphatic carbocycles. The van der Waals surface area contributed by atoms with Gasteiger partial charge in [-0.1, -0.05) is 42.5 Å². The molecule has 0 unspecified atom stereocenters. The van der Waals surface area contributed by atoms with E-state index in [1.165, 1.54) is 11.6 Å². The smallest absolute Gasteiger partial charge is 0.412 e. The van der Waals surface area contributed by atoms with Gasteiger partial charge in [0.1, 0.15) is 5.82 Å². The van der Waals surface area contributed by atoms with Crippen LogP contribution >= 0.6 is 0 Å². The van der Waals surface area contributed by atoms with E-state index in [4.69, 9.17) is 0 Å². The monoisotopic (exact) mass is 529 g/mol. The molecule has 0 radical (unpaired) electrons. The van der Waals surface area contributed by atoms with Gasteiger partial charge in [-0.25, -0.2) is 9.18 Å². The van der Waals surface area contributed by atoms with Crippen LogP contribution in [0.4, 0.5) is 14.9 Å². The van der Waals surface area contributed by atoms with Crippen LogP contribution in [0.3, 0.4) is 0 Å².